The minimum Gasteiger partial charge on any atom is -0.383 e. The van der Waals surface area contributed by atoms with Gasteiger partial charge in [-0.3, -0.25) is 0 Å². The maximum atomic E-state index is 5.11. The minimum absolute atomic E-state index is 0.494. The second-order valence-electron chi connectivity index (χ2n) is 6.42. The average Bonchev–Trinajstić information content (AvgIpc) is 2.84. The fraction of sp³-hybridized carbons (Fsp3) is 0.812. The van der Waals surface area contributed by atoms with E-state index in [1.165, 1.54) is 25.7 Å². The first-order chi connectivity index (χ1) is 11.1. The lowest BCUT2D eigenvalue weighted by Crippen LogP contribution is -2.46. The predicted octanol–water partition coefficient (Wildman–Crippen LogP) is 1.38. The topological polar surface area (TPSA) is 76.4 Å². The minimum atomic E-state index is 0.494. The van der Waals surface area contributed by atoms with Crippen LogP contribution in [0.25, 0.3) is 0 Å². The summed E-state index contributed by atoms with van der Waals surface area (Å²) in [5.74, 6) is 3.38. The van der Waals surface area contributed by atoms with Gasteiger partial charge >= 0.3 is 0 Å². The van der Waals surface area contributed by atoms with Gasteiger partial charge < -0.3 is 19.9 Å². The normalized spacial score (nSPS) is 22.2. The molecule has 1 aliphatic carbocycles. The predicted molar refractivity (Wildman–Crippen MR) is 91.3 cm³/mol. The van der Waals surface area contributed by atoms with Crippen molar-refractivity contribution >= 4 is 5.96 Å². The summed E-state index contributed by atoms with van der Waals surface area (Å²) in [6.07, 6.45) is 5.03. The number of nitrogens with zero attached hydrogens (tertiary/aromatic N) is 4. The number of hydrogen-bond acceptors (Lipinski definition) is 4. The van der Waals surface area contributed by atoms with Crippen molar-refractivity contribution in [3.8, 4) is 0 Å². The molecule has 0 bridgehead atoms. The largest absolute Gasteiger partial charge is 0.383 e. The molecule has 2 N–H and O–H groups in total. The van der Waals surface area contributed by atoms with Crippen molar-refractivity contribution in [2.45, 2.75) is 52.1 Å². The van der Waals surface area contributed by atoms with E-state index in [0.717, 1.165) is 30.1 Å². The molecule has 1 heterocycles. The molecular weight excluding hydrogens is 292 g/mol. The average molecular weight is 322 g/mol. The van der Waals surface area contributed by atoms with Gasteiger partial charge in [-0.1, -0.05) is 19.8 Å². The summed E-state index contributed by atoms with van der Waals surface area (Å²) in [6.45, 7) is 6.18. The van der Waals surface area contributed by atoms with Crippen LogP contribution in [0.3, 0.4) is 0 Å². The number of rotatable bonds is 6. The summed E-state index contributed by atoms with van der Waals surface area (Å²) < 4.78 is 7.08. The van der Waals surface area contributed by atoms with E-state index in [-0.39, 0.29) is 0 Å². The smallest absolute Gasteiger partial charge is 0.192 e. The zero-order valence-corrected chi connectivity index (χ0v) is 14.8. The van der Waals surface area contributed by atoms with E-state index in [1.54, 1.807) is 7.11 Å². The second kappa shape index (κ2) is 8.86. The van der Waals surface area contributed by atoms with Gasteiger partial charge in [0, 0.05) is 26.7 Å². The zero-order chi connectivity index (χ0) is 16.7. The van der Waals surface area contributed by atoms with Crippen molar-refractivity contribution in [3.63, 3.8) is 0 Å². The number of methoxy groups -OCH3 is 1. The fourth-order valence-corrected chi connectivity index (χ4v) is 2.92. The van der Waals surface area contributed by atoms with Crippen molar-refractivity contribution < 1.29 is 4.74 Å². The van der Waals surface area contributed by atoms with Gasteiger partial charge in [0.05, 0.1) is 6.61 Å². The van der Waals surface area contributed by atoms with Gasteiger partial charge in [0.15, 0.2) is 11.8 Å². The number of aromatic nitrogens is 3. The van der Waals surface area contributed by atoms with Crippen molar-refractivity contribution in [2.75, 3.05) is 20.3 Å². The molecule has 2 rings (SSSR count). The van der Waals surface area contributed by atoms with Crippen molar-refractivity contribution in [3.05, 3.63) is 11.6 Å². The van der Waals surface area contributed by atoms with Gasteiger partial charge in [-0.05, 0) is 25.7 Å². The Balaban J connectivity index is 1.97. The summed E-state index contributed by atoms with van der Waals surface area (Å²) in [6, 6.07) is 0.494. The number of ether oxygens (including phenoxy) is 1. The lowest BCUT2D eigenvalue weighted by molar-refractivity contribution is 0.203. The Bertz CT molecular complexity index is 513. The molecule has 2 unspecified atom stereocenters. The van der Waals surface area contributed by atoms with Crippen molar-refractivity contribution in [2.24, 2.45) is 18.0 Å². The Morgan fingerprint density at radius 3 is 2.87 bits per heavy atom. The Kier molecular flexibility index (Phi) is 6.83. The highest BCUT2D eigenvalue weighted by atomic mass is 16.5. The van der Waals surface area contributed by atoms with E-state index in [4.69, 9.17) is 4.74 Å². The Hall–Kier alpha value is -1.63. The standard InChI is InChI=1S/C16H30N6O/c1-12-6-5-7-14(10-12)19-16(17-8-9-23-4)18-11-15-21-20-13(2)22(15)3/h12,14H,5-11H2,1-4H3,(H2,17,18,19). The first-order valence-electron chi connectivity index (χ1n) is 8.48. The molecule has 130 valence electrons. The summed E-state index contributed by atoms with van der Waals surface area (Å²) >= 11 is 0. The third kappa shape index (κ3) is 5.49. The molecule has 0 amide bonds. The highest BCUT2D eigenvalue weighted by molar-refractivity contribution is 5.80. The Labute approximate surface area is 138 Å². The second-order valence-corrected chi connectivity index (χ2v) is 6.42. The van der Waals surface area contributed by atoms with Crippen molar-refractivity contribution in [1.82, 2.24) is 25.4 Å². The van der Waals surface area contributed by atoms with Crippen LogP contribution in [0.1, 0.15) is 44.3 Å². The molecule has 7 heteroatoms. The molecule has 1 aromatic rings. The van der Waals surface area contributed by atoms with E-state index in [9.17, 15) is 0 Å². The van der Waals surface area contributed by atoms with Crippen LogP contribution in [-0.2, 0) is 18.3 Å². The van der Waals surface area contributed by atoms with Gasteiger partial charge in [-0.15, -0.1) is 10.2 Å². The van der Waals surface area contributed by atoms with Gasteiger partial charge in [0.2, 0.25) is 0 Å². The fourth-order valence-electron chi connectivity index (χ4n) is 2.92. The van der Waals surface area contributed by atoms with Gasteiger partial charge in [0.25, 0.3) is 0 Å². The van der Waals surface area contributed by atoms with Crippen LogP contribution < -0.4 is 10.6 Å². The van der Waals surface area contributed by atoms with Crippen LogP contribution in [0.2, 0.25) is 0 Å². The van der Waals surface area contributed by atoms with Gasteiger partial charge in [-0.2, -0.15) is 0 Å². The summed E-state index contributed by atoms with van der Waals surface area (Å²) in [7, 11) is 3.67. The lowest BCUT2D eigenvalue weighted by Gasteiger charge is -2.29. The molecule has 2 atom stereocenters. The van der Waals surface area contributed by atoms with Crippen LogP contribution in [0, 0.1) is 12.8 Å². The Morgan fingerprint density at radius 2 is 2.22 bits per heavy atom. The molecule has 1 aliphatic rings. The van der Waals surface area contributed by atoms with E-state index < -0.39 is 0 Å². The maximum Gasteiger partial charge on any atom is 0.192 e. The van der Waals surface area contributed by atoms with Crippen LogP contribution in [0.5, 0.6) is 0 Å². The van der Waals surface area contributed by atoms with Crippen LogP contribution in [0.4, 0.5) is 0 Å². The van der Waals surface area contributed by atoms with Gasteiger partial charge in [0.1, 0.15) is 12.4 Å². The monoisotopic (exact) mass is 322 g/mol. The van der Waals surface area contributed by atoms with Crippen molar-refractivity contribution in [1.29, 1.82) is 0 Å². The number of hydrogen-bond donors (Lipinski definition) is 2. The summed E-state index contributed by atoms with van der Waals surface area (Å²) in [5, 5.41) is 15.1. The van der Waals surface area contributed by atoms with Crippen LogP contribution in [0.15, 0.2) is 4.99 Å². The zero-order valence-electron chi connectivity index (χ0n) is 14.8. The van der Waals surface area contributed by atoms with E-state index >= 15 is 0 Å². The molecule has 0 spiro atoms. The molecule has 23 heavy (non-hydrogen) atoms. The highest BCUT2D eigenvalue weighted by Crippen LogP contribution is 2.23. The molecule has 1 saturated carbocycles. The summed E-state index contributed by atoms with van der Waals surface area (Å²) in [4.78, 5) is 4.67. The number of aryl methyl sites for hydroxylation is 1. The molecular formula is C16H30N6O. The maximum absolute atomic E-state index is 5.11. The molecule has 1 fully saturated rings. The molecule has 7 nitrogen and oxygen atoms in total. The molecule has 1 aromatic heterocycles. The highest BCUT2D eigenvalue weighted by Gasteiger charge is 2.19. The first-order valence-corrected chi connectivity index (χ1v) is 8.48. The quantitative estimate of drug-likeness (QED) is 0.470. The molecule has 0 saturated heterocycles. The third-order valence-electron chi connectivity index (χ3n) is 4.44. The lowest BCUT2D eigenvalue weighted by atomic mass is 9.87. The molecule has 0 aliphatic heterocycles. The van der Waals surface area contributed by atoms with E-state index in [1.807, 2.05) is 18.5 Å². The third-order valence-corrected chi connectivity index (χ3v) is 4.44. The Morgan fingerprint density at radius 1 is 1.39 bits per heavy atom. The molecule has 0 aromatic carbocycles. The van der Waals surface area contributed by atoms with E-state index in [2.05, 4.69) is 32.7 Å². The van der Waals surface area contributed by atoms with Crippen LogP contribution in [-0.4, -0.2) is 47.0 Å². The molecule has 0 radical (unpaired) electrons. The van der Waals surface area contributed by atoms with E-state index in [0.29, 0.717) is 19.2 Å². The number of aliphatic imine (C=N–C) groups is 1. The number of guanidine groups is 1. The van der Waals surface area contributed by atoms with Crippen LogP contribution >= 0.6 is 0 Å². The SMILES string of the molecule is COCCNC(=NCc1nnc(C)n1C)NC1CCCC(C)C1. The van der Waals surface area contributed by atoms with Gasteiger partial charge in [-0.25, -0.2) is 4.99 Å². The number of nitrogens with one attached hydrogen (secondary N) is 2. The summed E-state index contributed by atoms with van der Waals surface area (Å²) in [5.41, 5.74) is 0. The first kappa shape index (κ1) is 17.7.